The van der Waals surface area contributed by atoms with E-state index in [1.807, 2.05) is 6.07 Å². The SMILES string of the molecule is Nc1ccc(OCCC(=O)Nc2ncccc2Br)cc1. The van der Waals surface area contributed by atoms with Gasteiger partial charge in [0.25, 0.3) is 0 Å². The van der Waals surface area contributed by atoms with E-state index in [0.717, 1.165) is 4.47 Å². The zero-order chi connectivity index (χ0) is 14.4. The lowest BCUT2D eigenvalue weighted by Crippen LogP contribution is -2.16. The number of halogens is 1. The van der Waals surface area contributed by atoms with Crippen molar-refractivity contribution in [2.24, 2.45) is 0 Å². The molecule has 0 spiro atoms. The molecule has 0 fully saturated rings. The highest BCUT2D eigenvalue weighted by atomic mass is 79.9. The van der Waals surface area contributed by atoms with Crippen molar-refractivity contribution in [3.8, 4) is 5.75 Å². The number of nitrogens with one attached hydrogen (secondary N) is 1. The first kappa shape index (κ1) is 14.3. The Bertz CT molecular complexity index is 587. The third kappa shape index (κ3) is 4.24. The van der Waals surface area contributed by atoms with Crippen LogP contribution in [0.1, 0.15) is 6.42 Å². The van der Waals surface area contributed by atoms with Gasteiger partial charge in [-0.3, -0.25) is 4.79 Å². The molecule has 5 nitrogen and oxygen atoms in total. The average Bonchev–Trinajstić information content (AvgIpc) is 2.44. The van der Waals surface area contributed by atoms with Crippen LogP contribution < -0.4 is 15.8 Å². The molecular formula is C14H14BrN3O2. The molecule has 20 heavy (non-hydrogen) atoms. The molecule has 1 heterocycles. The second-order valence-corrected chi connectivity index (χ2v) is 4.90. The first-order valence-electron chi connectivity index (χ1n) is 6.04. The summed E-state index contributed by atoms with van der Waals surface area (Å²) in [5, 5.41) is 2.71. The minimum Gasteiger partial charge on any atom is -0.493 e. The summed E-state index contributed by atoms with van der Waals surface area (Å²) < 4.78 is 6.19. The van der Waals surface area contributed by atoms with E-state index in [1.54, 1.807) is 36.5 Å². The monoisotopic (exact) mass is 335 g/mol. The maximum absolute atomic E-state index is 11.7. The highest BCUT2D eigenvalue weighted by Crippen LogP contribution is 2.18. The highest BCUT2D eigenvalue weighted by Gasteiger charge is 2.06. The summed E-state index contributed by atoms with van der Waals surface area (Å²) in [6.45, 7) is 0.292. The van der Waals surface area contributed by atoms with Crippen LogP contribution in [0.5, 0.6) is 5.75 Å². The maximum Gasteiger partial charge on any atom is 0.228 e. The Labute approximate surface area is 125 Å². The van der Waals surface area contributed by atoms with Crippen molar-refractivity contribution < 1.29 is 9.53 Å². The molecule has 0 radical (unpaired) electrons. The Balaban J connectivity index is 1.78. The molecule has 1 aromatic carbocycles. The van der Waals surface area contributed by atoms with Gasteiger partial charge in [0.2, 0.25) is 5.91 Å². The minimum atomic E-state index is -0.153. The molecule has 1 amide bonds. The molecule has 0 atom stereocenters. The number of anilines is 2. The number of aromatic nitrogens is 1. The van der Waals surface area contributed by atoms with E-state index in [2.05, 4.69) is 26.2 Å². The fraction of sp³-hybridized carbons (Fsp3) is 0.143. The Morgan fingerprint density at radius 3 is 2.75 bits per heavy atom. The summed E-state index contributed by atoms with van der Waals surface area (Å²) in [6.07, 6.45) is 1.86. The van der Waals surface area contributed by atoms with Crippen LogP contribution in [0.3, 0.4) is 0 Å². The number of nitrogen functional groups attached to an aromatic ring is 1. The normalized spacial score (nSPS) is 10.1. The topological polar surface area (TPSA) is 77.2 Å². The number of hydrogen-bond donors (Lipinski definition) is 2. The lowest BCUT2D eigenvalue weighted by atomic mass is 10.3. The molecule has 6 heteroatoms. The zero-order valence-electron chi connectivity index (χ0n) is 10.7. The van der Waals surface area contributed by atoms with E-state index in [1.165, 1.54) is 0 Å². The Hall–Kier alpha value is -2.08. The van der Waals surface area contributed by atoms with Crippen molar-refractivity contribution in [2.75, 3.05) is 17.7 Å². The van der Waals surface area contributed by atoms with Crippen molar-refractivity contribution in [1.82, 2.24) is 4.98 Å². The second-order valence-electron chi connectivity index (χ2n) is 4.05. The Morgan fingerprint density at radius 1 is 1.30 bits per heavy atom. The van der Waals surface area contributed by atoms with Gasteiger partial charge in [-0.15, -0.1) is 0 Å². The third-order valence-corrected chi connectivity index (χ3v) is 3.13. The van der Waals surface area contributed by atoms with Gasteiger partial charge in [0.15, 0.2) is 0 Å². The number of nitrogens with two attached hydrogens (primary N) is 1. The summed E-state index contributed by atoms with van der Waals surface area (Å²) in [7, 11) is 0. The summed E-state index contributed by atoms with van der Waals surface area (Å²) in [4.78, 5) is 15.8. The third-order valence-electron chi connectivity index (χ3n) is 2.49. The standard InChI is InChI=1S/C14H14BrN3O2/c15-12-2-1-8-17-14(12)18-13(19)7-9-20-11-5-3-10(16)4-6-11/h1-6,8H,7,9,16H2,(H,17,18,19). The van der Waals surface area contributed by atoms with Crippen LogP contribution in [-0.4, -0.2) is 17.5 Å². The molecule has 104 valence electrons. The largest absolute Gasteiger partial charge is 0.493 e. The van der Waals surface area contributed by atoms with Crippen LogP contribution in [0.2, 0.25) is 0 Å². The van der Waals surface area contributed by atoms with Gasteiger partial charge in [-0.1, -0.05) is 0 Å². The van der Waals surface area contributed by atoms with E-state index in [9.17, 15) is 4.79 Å². The van der Waals surface area contributed by atoms with Gasteiger partial charge in [0, 0.05) is 11.9 Å². The number of amides is 1. The van der Waals surface area contributed by atoms with Crippen molar-refractivity contribution in [3.63, 3.8) is 0 Å². The highest BCUT2D eigenvalue weighted by molar-refractivity contribution is 9.10. The van der Waals surface area contributed by atoms with Crippen molar-refractivity contribution in [1.29, 1.82) is 0 Å². The molecule has 0 unspecified atom stereocenters. The van der Waals surface area contributed by atoms with Crippen LogP contribution in [0, 0.1) is 0 Å². The lowest BCUT2D eigenvalue weighted by Gasteiger charge is -2.08. The number of pyridine rings is 1. The van der Waals surface area contributed by atoms with Crippen LogP contribution in [0.25, 0.3) is 0 Å². The van der Waals surface area contributed by atoms with Crippen LogP contribution in [-0.2, 0) is 4.79 Å². The average molecular weight is 336 g/mol. The van der Waals surface area contributed by atoms with E-state index in [-0.39, 0.29) is 12.3 Å². The molecule has 0 bridgehead atoms. The molecule has 2 aromatic rings. The fourth-order valence-electron chi connectivity index (χ4n) is 1.50. The van der Waals surface area contributed by atoms with Gasteiger partial charge < -0.3 is 15.8 Å². The van der Waals surface area contributed by atoms with Gasteiger partial charge in [-0.05, 0) is 52.3 Å². The molecule has 3 N–H and O–H groups in total. The quantitative estimate of drug-likeness (QED) is 0.823. The van der Waals surface area contributed by atoms with Crippen molar-refractivity contribution in [3.05, 3.63) is 47.1 Å². The number of carbonyl (C=O) groups excluding carboxylic acids is 1. The van der Waals surface area contributed by atoms with Crippen LogP contribution in [0.15, 0.2) is 47.1 Å². The number of ether oxygens (including phenoxy) is 1. The number of nitrogens with zero attached hydrogens (tertiary/aromatic N) is 1. The van der Waals surface area contributed by atoms with Gasteiger partial charge in [-0.25, -0.2) is 4.98 Å². The molecule has 0 aliphatic rings. The van der Waals surface area contributed by atoms with Crippen molar-refractivity contribution >= 4 is 33.3 Å². The summed E-state index contributed by atoms with van der Waals surface area (Å²) in [6, 6.07) is 10.6. The number of rotatable bonds is 5. The number of carbonyl (C=O) groups is 1. The van der Waals surface area contributed by atoms with Gasteiger partial charge in [0.05, 0.1) is 17.5 Å². The molecular weight excluding hydrogens is 322 g/mol. The predicted molar refractivity (Wildman–Crippen MR) is 81.5 cm³/mol. The van der Waals surface area contributed by atoms with Gasteiger partial charge in [0.1, 0.15) is 11.6 Å². The molecule has 0 aliphatic carbocycles. The zero-order valence-corrected chi connectivity index (χ0v) is 12.3. The molecule has 1 aromatic heterocycles. The smallest absolute Gasteiger partial charge is 0.228 e. The predicted octanol–water partition coefficient (Wildman–Crippen LogP) is 2.83. The van der Waals surface area contributed by atoms with E-state index in [0.29, 0.717) is 23.9 Å². The van der Waals surface area contributed by atoms with Gasteiger partial charge >= 0.3 is 0 Å². The molecule has 0 saturated heterocycles. The lowest BCUT2D eigenvalue weighted by molar-refractivity contribution is -0.116. The van der Waals surface area contributed by atoms with Crippen LogP contribution in [0.4, 0.5) is 11.5 Å². The first-order valence-corrected chi connectivity index (χ1v) is 6.83. The van der Waals surface area contributed by atoms with Gasteiger partial charge in [-0.2, -0.15) is 0 Å². The van der Waals surface area contributed by atoms with E-state index >= 15 is 0 Å². The Kier molecular flexibility index (Phi) is 4.95. The fourth-order valence-corrected chi connectivity index (χ4v) is 1.85. The molecule has 2 rings (SSSR count). The van der Waals surface area contributed by atoms with E-state index in [4.69, 9.17) is 10.5 Å². The summed E-state index contributed by atoms with van der Waals surface area (Å²) >= 11 is 3.32. The molecule has 0 aliphatic heterocycles. The van der Waals surface area contributed by atoms with Crippen molar-refractivity contribution in [2.45, 2.75) is 6.42 Å². The van der Waals surface area contributed by atoms with E-state index < -0.39 is 0 Å². The van der Waals surface area contributed by atoms with Crippen LogP contribution >= 0.6 is 15.9 Å². The maximum atomic E-state index is 11.7. The summed E-state index contributed by atoms with van der Waals surface area (Å²) in [5.74, 6) is 1.04. The molecule has 0 saturated carbocycles. The number of benzene rings is 1. The summed E-state index contributed by atoms with van der Waals surface area (Å²) in [5.41, 5.74) is 6.25. The minimum absolute atomic E-state index is 0.153. The Morgan fingerprint density at radius 2 is 2.05 bits per heavy atom. The number of hydrogen-bond acceptors (Lipinski definition) is 4. The second kappa shape index (κ2) is 6.91. The first-order chi connectivity index (χ1) is 9.65.